The van der Waals surface area contributed by atoms with Crippen LogP contribution in [0.15, 0.2) is 0 Å². The largest absolute Gasteiger partial charge is 0.349 e. The predicted octanol–water partition coefficient (Wildman–Crippen LogP) is 4.79. The molecule has 0 radical (unpaired) electrons. The van der Waals surface area contributed by atoms with Gasteiger partial charge in [-0.2, -0.15) is 0 Å². The van der Waals surface area contributed by atoms with Crippen molar-refractivity contribution < 1.29 is 32.4 Å². The topological polar surface area (TPSA) is 171 Å². The summed E-state index contributed by atoms with van der Waals surface area (Å²) in [4.78, 5) is 70.2. The van der Waals surface area contributed by atoms with Crippen molar-refractivity contribution in [3.63, 3.8) is 0 Å². The Kier molecular flexibility index (Phi) is 13.2. The second kappa shape index (κ2) is 16.3. The summed E-state index contributed by atoms with van der Waals surface area (Å²) >= 11 is 0. The van der Waals surface area contributed by atoms with Crippen LogP contribution in [0.25, 0.3) is 0 Å². The van der Waals surface area contributed by atoms with Gasteiger partial charge in [-0.1, -0.05) is 79.6 Å². The fourth-order valence-corrected chi connectivity index (χ4v) is 10.1. The number of nitrogens with zero attached hydrogens (tertiary/aromatic N) is 1. The van der Waals surface area contributed by atoms with E-state index in [1.54, 1.807) is 25.7 Å². The maximum Gasteiger partial charge on any atom is 0.315 e. The van der Waals surface area contributed by atoms with Crippen molar-refractivity contribution in [3.05, 3.63) is 0 Å². The van der Waals surface area contributed by atoms with Gasteiger partial charge in [0.25, 0.3) is 5.91 Å². The summed E-state index contributed by atoms with van der Waals surface area (Å²) in [5, 5.41) is 11.6. The normalized spacial score (nSPS) is 29.5. The molecule has 4 N–H and O–H groups in total. The Morgan fingerprint density at radius 2 is 1.46 bits per heavy atom. The Morgan fingerprint density at radius 1 is 0.885 bits per heavy atom. The van der Waals surface area contributed by atoms with E-state index in [0.29, 0.717) is 58.0 Å². The lowest BCUT2D eigenvalue weighted by Gasteiger charge is -2.45. The number of fused-ring (bicyclic) bond motifs is 3. The fraction of sp³-hybridized carbons (Fsp3) is 0.872. The first-order chi connectivity index (χ1) is 24.1. The van der Waals surface area contributed by atoms with Gasteiger partial charge < -0.3 is 26.2 Å². The third-order valence-corrected chi connectivity index (χ3v) is 15.4. The van der Waals surface area contributed by atoms with Gasteiger partial charge in [0.2, 0.25) is 17.6 Å². The zero-order valence-corrected chi connectivity index (χ0v) is 33.9. The minimum absolute atomic E-state index is 0.0228. The van der Waals surface area contributed by atoms with Crippen molar-refractivity contribution in [2.45, 2.75) is 174 Å². The SMILES string of the molecule is CCCNC(=O)C(=O)[C@H]1CCCCCCCCC[C@@H](NC(=O)NC2(CS(=O)(=O)C(C)(C)C)CCC(C)(C)CC2)C(=O)N2C[C@H]3[C@@H]([C@H]2C(=O)N1)C3(C)C. The number of amides is 5. The van der Waals surface area contributed by atoms with Crippen LogP contribution in [0.2, 0.25) is 0 Å². The number of hydrogen-bond donors (Lipinski definition) is 4. The number of sulfone groups is 1. The van der Waals surface area contributed by atoms with Crippen LogP contribution in [0.5, 0.6) is 0 Å². The average molecular weight is 750 g/mol. The first-order valence-corrected chi connectivity index (χ1v) is 21.5. The number of Topliss-reactive ketones (excluding diaryl/α,β-unsaturated/α-hetero) is 1. The number of rotatable bonds is 8. The molecule has 0 aromatic heterocycles. The molecule has 0 aromatic rings. The Bertz CT molecular complexity index is 1440. The molecule has 4 rings (SSSR count). The molecule has 2 saturated heterocycles. The fourth-order valence-electron chi connectivity index (χ4n) is 8.59. The highest BCUT2D eigenvalue weighted by Crippen LogP contribution is 2.65. The standard InChI is InChI=1S/C39H67N5O7S/c1-9-23-40-33(47)31(45)27-17-15-13-11-10-12-14-16-18-28(34(48)44-24-26-29(38(26,7)8)30(44)32(46)41-27)42-35(49)43-39(21-19-37(5,6)20-22-39)25-52(50,51)36(2,3)4/h26-30H,9-25H2,1-8H3,(H,40,47)(H,41,46)(H2,42,43,49)/t26-,27+,28+,29-,30-/m0/s1. The second-order valence-electron chi connectivity index (χ2n) is 18.6. The smallest absolute Gasteiger partial charge is 0.315 e. The number of ketones is 1. The summed E-state index contributed by atoms with van der Waals surface area (Å²) in [6, 6.07) is -3.33. The van der Waals surface area contributed by atoms with Gasteiger partial charge in [-0.3, -0.25) is 19.2 Å². The van der Waals surface area contributed by atoms with Gasteiger partial charge in [-0.05, 0) is 88.4 Å². The summed E-state index contributed by atoms with van der Waals surface area (Å²) in [7, 11) is -3.58. The highest BCUT2D eigenvalue weighted by Gasteiger charge is 2.69. The van der Waals surface area contributed by atoms with Gasteiger partial charge in [-0.25, -0.2) is 13.2 Å². The third kappa shape index (κ3) is 9.88. The van der Waals surface area contributed by atoms with Gasteiger partial charge in [0, 0.05) is 13.1 Å². The zero-order chi connectivity index (χ0) is 38.7. The molecule has 2 aliphatic carbocycles. The van der Waals surface area contributed by atoms with Crippen LogP contribution < -0.4 is 21.3 Å². The van der Waals surface area contributed by atoms with Crippen LogP contribution in [0, 0.1) is 22.7 Å². The lowest BCUT2D eigenvalue weighted by Crippen LogP contribution is -2.62. The molecule has 2 aliphatic heterocycles. The highest BCUT2D eigenvalue weighted by atomic mass is 32.2. The van der Waals surface area contributed by atoms with E-state index in [4.69, 9.17) is 0 Å². The second-order valence-corrected chi connectivity index (χ2v) is 21.3. The van der Waals surface area contributed by atoms with E-state index in [1.807, 2.05) is 6.92 Å². The molecule has 2 saturated carbocycles. The van der Waals surface area contributed by atoms with E-state index in [9.17, 15) is 32.4 Å². The van der Waals surface area contributed by atoms with Crippen molar-refractivity contribution >= 4 is 39.4 Å². The Balaban J connectivity index is 1.59. The lowest BCUT2D eigenvalue weighted by molar-refractivity contribution is -0.144. The molecular formula is C39H67N5O7S. The molecule has 4 fully saturated rings. The molecular weight excluding hydrogens is 683 g/mol. The van der Waals surface area contributed by atoms with Crippen LogP contribution in [0.1, 0.15) is 145 Å². The van der Waals surface area contributed by atoms with Gasteiger partial charge in [0.05, 0.1) is 22.1 Å². The third-order valence-electron chi connectivity index (χ3n) is 12.6. The van der Waals surface area contributed by atoms with Crippen LogP contribution in [-0.2, 0) is 29.0 Å². The molecule has 13 heteroatoms. The van der Waals surface area contributed by atoms with Crippen molar-refractivity contribution in [3.8, 4) is 0 Å². The number of piperidine rings is 1. The van der Waals surface area contributed by atoms with E-state index in [1.165, 1.54) is 0 Å². The maximum absolute atomic E-state index is 14.5. The molecule has 296 valence electrons. The van der Waals surface area contributed by atoms with E-state index >= 15 is 0 Å². The van der Waals surface area contributed by atoms with E-state index in [0.717, 1.165) is 44.9 Å². The van der Waals surface area contributed by atoms with E-state index in [2.05, 4.69) is 49.0 Å². The van der Waals surface area contributed by atoms with Crippen molar-refractivity contribution in [2.24, 2.45) is 22.7 Å². The Hall–Kier alpha value is -2.70. The van der Waals surface area contributed by atoms with E-state index in [-0.39, 0.29) is 34.3 Å². The molecule has 0 bridgehead atoms. The van der Waals surface area contributed by atoms with Crippen LogP contribution in [-0.4, -0.2) is 90.1 Å². The summed E-state index contributed by atoms with van der Waals surface area (Å²) < 4.78 is 26.0. The molecule has 52 heavy (non-hydrogen) atoms. The zero-order valence-electron chi connectivity index (χ0n) is 33.1. The maximum atomic E-state index is 14.5. The van der Waals surface area contributed by atoms with Crippen molar-refractivity contribution in [2.75, 3.05) is 18.8 Å². The summed E-state index contributed by atoms with van der Waals surface area (Å²) in [5.41, 5.74) is -1.13. The molecule has 2 heterocycles. The molecule has 4 aliphatic rings. The van der Waals surface area contributed by atoms with Gasteiger partial charge in [-0.15, -0.1) is 0 Å². The minimum Gasteiger partial charge on any atom is -0.349 e. The van der Waals surface area contributed by atoms with Crippen LogP contribution in [0.3, 0.4) is 0 Å². The van der Waals surface area contributed by atoms with Gasteiger partial charge in [0.1, 0.15) is 12.1 Å². The molecule has 0 unspecified atom stereocenters. The lowest BCUT2D eigenvalue weighted by atomic mass is 9.70. The number of nitrogens with one attached hydrogen (secondary N) is 4. The number of carbonyl (C=O) groups excluding carboxylic acids is 5. The number of urea groups is 1. The molecule has 0 aromatic carbocycles. The summed E-state index contributed by atoms with van der Waals surface area (Å²) in [6.07, 6.45) is 9.95. The first kappa shape index (κ1) is 42.0. The van der Waals surface area contributed by atoms with Crippen LogP contribution in [0.4, 0.5) is 4.79 Å². The first-order valence-electron chi connectivity index (χ1n) is 19.9. The van der Waals surface area contributed by atoms with Crippen LogP contribution >= 0.6 is 0 Å². The van der Waals surface area contributed by atoms with E-state index < -0.39 is 61.9 Å². The molecule has 5 atom stereocenters. The summed E-state index contributed by atoms with van der Waals surface area (Å²) in [6.45, 7) is 16.1. The van der Waals surface area contributed by atoms with Gasteiger partial charge >= 0.3 is 6.03 Å². The Labute approximate surface area is 312 Å². The molecule has 5 amide bonds. The minimum atomic E-state index is -3.58. The van der Waals surface area contributed by atoms with Gasteiger partial charge in [0.15, 0.2) is 9.84 Å². The Morgan fingerprint density at radius 3 is 2.04 bits per heavy atom. The quantitative estimate of drug-likeness (QED) is 0.259. The van der Waals surface area contributed by atoms with Crippen molar-refractivity contribution in [1.29, 1.82) is 0 Å². The number of carbonyl (C=O) groups is 5. The average Bonchev–Trinajstić information content (AvgIpc) is 3.36. The predicted molar refractivity (Wildman–Crippen MR) is 202 cm³/mol. The monoisotopic (exact) mass is 749 g/mol. The number of hydrogen-bond acceptors (Lipinski definition) is 7. The van der Waals surface area contributed by atoms with Crippen molar-refractivity contribution in [1.82, 2.24) is 26.2 Å². The molecule has 12 nitrogen and oxygen atoms in total. The summed E-state index contributed by atoms with van der Waals surface area (Å²) in [5.74, 6) is -2.40. The highest BCUT2D eigenvalue weighted by molar-refractivity contribution is 7.92. The molecule has 0 spiro atoms.